The Bertz CT molecular complexity index is 224. The van der Waals surface area contributed by atoms with Crippen LogP contribution in [0, 0.1) is 0 Å². The lowest BCUT2D eigenvalue weighted by Gasteiger charge is -2.19. The van der Waals surface area contributed by atoms with E-state index in [1.54, 1.807) is 0 Å². The van der Waals surface area contributed by atoms with E-state index in [1.165, 1.54) is 11.8 Å². The monoisotopic (exact) mass is 193 g/mol. The highest BCUT2D eigenvalue weighted by atomic mass is 35.5. The molecule has 62 valence electrons. The molecule has 0 spiro atoms. The van der Waals surface area contributed by atoms with Gasteiger partial charge in [0.25, 0.3) is 0 Å². The van der Waals surface area contributed by atoms with Crippen LogP contribution in [0.4, 0.5) is 4.39 Å². The van der Waals surface area contributed by atoms with Crippen molar-refractivity contribution >= 4 is 28.4 Å². The van der Waals surface area contributed by atoms with Gasteiger partial charge in [-0.3, -0.25) is 0 Å². The van der Waals surface area contributed by atoms with Gasteiger partial charge in [-0.05, 0) is 13.2 Å². The van der Waals surface area contributed by atoms with Crippen LogP contribution in [0.3, 0.4) is 0 Å². The molecule has 0 aliphatic heterocycles. The molecule has 0 radical (unpaired) electrons. The highest BCUT2D eigenvalue weighted by Crippen LogP contribution is 2.35. The third-order valence-corrected chi connectivity index (χ3v) is 2.54. The summed E-state index contributed by atoms with van der Waals surface area (Å²) in [7, 11) is 0. The molecule has 0 saturated carbocycles. The second-order valence-electron chi connectivity index (χ2n) is 2.30. The van der Waals surface area contributed by atoms with Crippen molar-refractivity contribution in [3.63, 3.8) is 0 Å². The Balaban J connectivity index is 2.66. The maximum absolute atomic E-state index is 12.7. The van der Waals surface area contributed by atoms with Crippen molar-refractivity contribution in [3.05, 3.63) is 11.5 Å². The van der Waals surface area contributed by atoms with Gasteiger partial charge in [0.1, 0.15) is 5.83 Å². The minimum absolute atomic E-state index is 0.264. The summed E-state index contributed by atoms with van der Waals surface area (Å²) in [6, 6.07) is 0. The molecule has 0 aromatic carbocycles. The van der Waals surface area contributed by atoms with Gasteiger partial charge in [-0.2, -0.15) is 0 Å². The first kappa shape index (κ1) is 9.07. The third-order valence-electron chi connectivity index (χ3n) is 1.51. The minimum Gasteiger partial charge on any atom is -0.248 e. The number of aliphatic imine (C=N–C) groups is 1. The summed E-state index contributed by atoms with van der Waals surface area (Å²) in [5.74, 6) is -0.264. The van der Waals surface area contributed by atoms with Crippen LogP contribution >= 0.6 is 23.4 Å². The molecule has 1 atom stereocenters. The lowest BCUT2D eigenvalue weighted by Crippen LogP contribution is -2.14. The molecule has 4 heteroatoms. The van der Waals surface area contributed by atoms with E-state index >= 15 is 0 Å². The van der Waals surface area contributed by atoms with Gasteiger partial charge in [0.15, 0.2) is 0 Å². The molecule has 0 amide bonds. The predicted molar refractivity (Wildman–Crippen MR) is 49.0 cm³/mol. The molecule has 1 aliphatic carbocycles. The summed E-state index contributed by atoms with van der Waals surface area (Å²) >= 11 is 7.02. The number of alkyl halides is 1. The van der Waals surface area contributed by atoms with E-state index in [4.69, 9.17) is 11.6 Å². The van der Waals surface area contributed by atoms with E-state index in [0.29, 0.717) is 12.1 Å². The molecule has 0 aromatic heterocycles. The van der Waals surface area contributed by atoms with Crippen molar-refractivity contribution in [1.82, 2.24) is 0 Å². The minimum atomic E-state index is -0.427. The fraction of sp³-hybridized carbons (Fsp3) is 0.571. The zero-order valence-electron chi connectivity index (χ0n) is 6.40. The molecule has 0 fully saturated rings. The first-order valence-electron chi connectivity index (χ1n) is 3.27. The Morgan fingerprint density at radius 2 is 2.45 bits per heavy atom. The number of hydrogen-bond acceptors (Lipinski definition) is 2. The topological polar surface area (TPSA) is 12.4 Å². The van der Waals surface area contributed by atoms with Gasteiger partial charge >= 0.3 is 0 Å². The fourth-order valence-corrected chi connectivity index (χ4v) is 1.21. The number of allylic oxidation sites excluding steroid dienone is 2. The zero-order valence-corrected chi connectivity index (χ0v) is 7.97. The van der Waals surface area contributed by atoms with Crippen LogP contribution in [0.25, 0.3) is 0 Å². The highest BCUT2D eigenvalue weighted by molar-refractivity contribution is 8.13. The molecule has 1 aliphatic rings. The molecule has 0 aromatic rings. The second-order valence-corrected chi connectivity index (χ2v) is 3.83. The van der Waals surface area contributed by atoms with Crippen molar-refractivity contribution in [1.29, 1.82) is 0 Å². The van der Waals surface area contributed by atoms with Gasteiger partial charge in [-0.1, -0.05) is 0 Å². The van der Waals surface area contributed by atoms with Crippen LogP contribution in [0.2, 0.25) is 0 Å². The molecular weight excluding hydrogens is 185 g/mol. The molecule has 1 rings (SSSR count). The first-order valence-corrected chi connectivity index (χ1v) is 4.93. The van der Waals surface area contributed by atoms with Crippen LogP contribution in [-0.4, -0.2) is 16.7 Å². The lowest BCUT2D eigenvalue weighted by atomic mass is 10.0. The third kappa shape index (κ3) is 1.97. The molecule has 11 heavy (non-hydrogen) atoms. The number of rotatable bonds is 1. The molecule has 0 heterocycles. The van der Waals surface area contributed by atoms with Crippen LogP contribution in [0.5, 0.6) is 0 Å². The second kappa shape index (κ2) is 3.59. The van der Waals surface area contributed by atoms with Crippen LogP contribution in [0.15, 0.2) is 16.5 Å². The van der Waals surface area contributed by atoms with Crippen molar-refractivity contribution in [2.45, 2.75) is 18.7 Å². The van der Waals surface area contributed by atoms with E-state index in [0.717, 1.165) is 5.04 Å². The summed E-state index contributed by atoms with van der Waals surface area (Å²) in [4.78, 5) is 4.03. The number of nitrogens with zero attached hydrogens (tertiary/aromatic N) is 1. The maximum atomic E-state index is 12.7. The fourth-order valence-electron chi connectivity index (χ4n) is 0.741. The Kier molecular flexibility index (Phi) is 2.96. The van der Waals surface area contributed by atoms with Crippen molar-refractivity contribution < 1.29 is 4.39 Å². The first-order chi connectivity index (χ1) is 5.15. The van der Waals surface area contributed by atoms with Crippen LogP contribution in [-0.2, 0) is 0 Å². The smallest absolute Gasteiger partial charge is 0.140 e. The largest absolute Gasteiger partial charge is 0.248 e. The van der Waals surface area contributed by atoms with Gasteiger partial charge in [-0.15, -0.1) is 23.4 Å². The molecule has 1 nitrogen and oxygen atoms in total. The Hall–Kier alpha value is -0.0200. The Morgan fingerprint density at radius 3 is 2.82 bits per heavy atom. The number of hydrogen-bond donors (Lipinski definition) is 0. The van der Waals surface area contributed by atoms with Gasteiger partial charge in [0, 0.05) is 6.42 Å². The van der Waals surface area contributed by atoms with Crippen molar-refractivity contribution in [2.75, 3.05) is 6.26 Å². The quantitative estimate of drug-likeness (QED) is 0.354. The molecule has 0 N–H and O–H groups in total. The summed E-state index contributed by atoms with van der Waals surface area (Å²) in [5, 5.41) is 0.446. The maximum Gasteiger partial charge on any atom is 0.140 e. The lowest BCUT2D eigenvalue weighted by molar-refractivity contribution is 0.524. The predicted octanol–water partition coefficient (Wildman–Crippen LogP) is 2.96. The normalized spacial score (nSPS) is 25.5. The van der Waals surface area contributed by atoms with Crippen LogP contribution < -0.4 is 0 Å². The van der Waals surface area contributed by atoms with E-state index in [2.05, 4.69) is 4.99 Å². The zero-order chi connectivity index (χ0) is 8.43. The SMILES string of the molecule is CS/C(C)=N\C1=C(F)[C@H](Cl)C1. The standard InChI is InChI=1S/C7H9ClFNS/c1-4(11-2)10-6-3-5(8)7(6)9/h5H,3H2,1-2H3/b10-4-/t5-/m1/s1. The van der Waals surface area contributed by atoms with E-state index in [-0.39, 0.29) is 5.83 Å². The number of thioether (sulfide) groups is 1. The van der Waals surface area contributed by atoms with Gasteiger partial charge in [0.2, 0.25) is 0 Å². The summed E-state index contributed by atoms with van der Waals surface area (Å²) in [6.45, 7) is 1.85. The van der Waals surface area contributed by atoms with Gasteiger partial charge in [0.05, 0.1) is 16.1 Å². The molecular formula is C7H9ClFNS. The van der Waals surface area contributed by atoms with E-state index in [1.807, 2.05) is 13.2 Å². The highest BCUT2D eigenvalue weighted by Gasteiger charge is 2.27. The van der Waals surface area contributed by atoms with E-state index < -0.39 is 5.38 Å². The Labute approximate surface area is 74.7 Å². The average Bonchev–Trinajstić information content (AvgIpc) is 2.03. The molecule has 0 saturated heterocycles. The summed E-state index contributed by atoms with van der Waals surface area (Å²) < 4.78 is 12.7. The average molecular weight is 194 g/mol. The number of halogens is 2. The summed E-state index contributed by atoms with van der Waals surface area (Å²) in [6.07, 6.45) is 2.47. The molecule has 0 unspecified atom stereocenters. The van der Waals surface area contributed by atoms with Gasteiger partial charge < -0.3 is 0 Å². The Morgan fingerprint density at radius 1 is 1.82 bits per heavy atom. The van der Waals surface area contributed by atoms with E-state index in [9.17, 15) is 4.39 Å². The van der Waals surface area contributed by atoms with Crippen molar-refractivity contribution in [3.8, 4) is 0 Å². The molecule has 0 bridgehead atoms. The van der Waals surface area contributed by atoms with Gasteiger partial charge in [-0.25, -0.2) is 9.38 Å². The van der Waals surface area contributed by atoms with Crippen LogP contribution in [0.1, 0.15) is 13.3 Å². The van der Waals surface area contributed by atoms with Crippen molar-refractivity contribution in [2.24, 2.45) is 4.99 Å². The summed E-state index contributed by atoms with van der Waals surface area (Å²) in [5.41, 5.74) is 0.511.